The van der Waals surface area contributed by atoms with Gasteiger partial charge in [0.15, 0.2) is 0 Å². The van der Waals surface area contributed by atoms with Crippen molar-refractivity contribution < 1.29 is 19.1 Å². The summed E-state index contributed by atoms with van der Waals surface area (Å²) in [5.74, 6) is 1.09. The summed E-state index contributed by atoms with van der Waals surface area (Å²) in [4.78, 5) is 71.7. The van der Waals surface area contributed by atoms with Crippen LogP contribution in [-0.2, 0) is 29.1 Å². The number of hydrogen-bond acceptors (Lipinski definition) is 15. The Labute approximate surface area is 365 Å². The number of aromatic nitrogens is 5. The highest BCUT2D eigenvalue weighted by Gasteiger charge is 2.29. The summed E-state index contributed by atoms with van der Waals surface area (Å²) in [5.41, 5.74) is 10.0. The molecule has 3 aromatic heterocycles. The molecule has 3 amide bonds. The predicted molar refractivity (Wildman–Crippen MR) is 239 cm³/mol. The first-order chi connectivity index (χ1) is 30.8. The van der Waals surface area contributed by atoms with Gasteiger partial charge in [-0.25, -0.2) is 24.9 Å². The first-order valence-corrected chi connectivity index (χ1v) is 21.9. The van der Waals surface area contributed by atoms with Crippen LogP contribution in [0.25, 0.3) is 0 Å². The molecule has 5 aliphatic rings. The maximum Gasteiger partial charge on any atom is 0.257 e. The van der Waals surface area contributed by atoms with Crippen LogP contribution in [-0.4, -0.2) is 124 Å². The van der Waals surface area contributed by atoms with Crippen molar-refractivity contribution in [3.8, 4) is 5.88 Å². The largest absolute Gasteiger partial charge is 0.474 e. The third-order valence-corrected chi connectivity index (χ3v) is 12.8. The normalized spacial score (nSPS) is 19.1. The summed E-state index contributed by atoms with van der Waals surface area (Å²) in [5, 5.41) is 9.29. The number of ether oxygens (including phenoxy) is 1. The SMILES string of the molecule is Cc1c(N2CCc3cnc(Nc4ccc(CN5CCN(c6ncc(C(=O)N7CCN(c8ccc(C9CCC(=O)NC9=O)cc8)CC7)cn6)CC5)cc4)nc3C2)cnc2c1NCCO2. The average molecular weight is 850 g/mol. The molecule has 3 fully saturated rings. The Hall–Kier alpha value is -6.88. The topological polar surface area (TPSA) is 177 Å². The third-order valence-electron chi connectivity index (χ3n) is 12.8. The smallest absolute Gasteiger partial charge is 0.257 e. The van der Waals surface area contributed by atoms with Crippen LogP contribution in [0.3, 0.4) is 0 Å². The van der Waals surface area contributed by atoms with Crippen molar-refractivity contribution in [3.63, 3.8) is 0 Å². The molecule has 0 bridgehead atoms. The Morgan fingerprint density at radius 3 is 2.33 bits per heavy atom. The van der Waals surface area contributed by atoms with Crippen molar-refractivity contribution in [2.75, 3.05) is 97.4 Å². The van der Waals surface area contributed by atoms with E-state index in [0.717, 1.165) is 91.8 Å². The van der Waals surface area contributed by atoms with Crippen molar-refractivity contribution in [1.82, 2.24) is 40.0 Å². The molecular weight excluding hydrogens is 799 g/mol. The van der Waals surface area contributed by atoms with Crippen LogP contribution in [0.2, 0.25) is 0 Å². The fourth-order valence-electron chi connectivity index (χ4n) is 9.16. The Morgan fingerprint density at radius 2 is 1.57 bits per heavy atom. The molecule has 0 saturated carbocycles. The quantitative estimate of drug-likeness (QED) is 0.182. The number of piperidine rings is 1. The van der Waals surface area contributed by atoms with Gasteiger partial charge in [0.25, 0.3) is 5.91 Å². The minimum absolute atomic E-state index is 0.0639. The molecule has 2 aromatic carbocycles. The highest BCUT2D eigenvalue weighted by molar-refractivity contribution is 6.01. The van der Waals surface area contributed by atoms with Gasteiger partial charge < -0.3 is 35.0 Å². The number of carbonyl (C=O) groups is 3. The number of hydrogen-bond donors (Lipinski definition) is 3. The molecule has 1 atom stereocenters. The summed E-state index contributed by atoms with van der Waals surface area (Å²) in [6.07, 6.45) is 8.92. The maximum absolute atomic E-state index is 13.4. The van der Waals surface area contributed by atoms with Crippen molar-refractivity contribution in [2.45, 2.75) is 45.2 Å². The Balaban J connectivity index is 0.671. The van der Waals surface area contributed by atoms with E-state index < -0.39 is 0 Å². The lowest BCUT2D eigenvalue weighted by Gasteiger charge is -2.36. The zero-order valence-electron chi connectivity index (χ0n) is 35.4. The van der Waals surface area contributed by atoms with Gasteiger partial charge in [0.05, 0.1) is 35.6 Å². The highest BCUT2D eigenvalue weighted by Crippen LogP contribution is 2.36. The molecule has 5 aromatic rings. The number of benzene rings is 2. The second-order valence-electron chi connectivity index (χ2n) is 16.8. The van der Waals surface area contributed by atoms with Crippen molar-refractivity contribution in [2.24, 2.45) is 0 Å². The van der Waals surface area contributed by atoms with Crippen LogP contribution < -0.4 is 35.4 Å². The molecule has 1 unspecified atom stereocenters. The third kappa shape index (κ3) is 8.65. The first-order valence-electron chi connectivity index (χ1n) is 21.9. The summed E-state index contributed by atoms with van der Waals surface area (Å²) < 4.78 is 5.74. The molecule has 324 valence electrons. The summed E-state index contributed by atoms with van der Waals surface area (Å²) in [6.45, 7) is 11.8. The maximum atomic E-state index is 13.4. The van der Waals surface area contributed by atoms with Crippen molar-refractivity contribution >= 4 is 52.4 Å². The second kappa shape index (κ2) is 17.5. The lowest BCUT2D eigenvalue weighted by molar-refractivity contribution is -0.134. The van der Waals surface area contributed by atoms with E-state index in [0.29, 0.717) is 75.5 Å². The van der Waals surface area contributed by atoms with Crippen LogP contribution in [0.5, 0.6) is 5.88 Å². The Kier molecular flexibility index (Phi) is 11.2. The van der Waals surface area contributed by atoms with Crippen LogP contribution in [0.1, 0.15) is 57.1 Å². The fourth-order valence-corrected chi connectivity index (χ4v) is 9.16. The van der Waals surface area contributed by atoms with Gasteiger partial charge in [-0.05, 0) is 60.7 Å². The molecule has 5 aliphatic heterocycles. The second-order valence-corrected chi connectivity index (χ2v) is 16.8. The van der Waals surface area contributed by atoms with E-state index in [1.807, 2.05) is 41.6 Å². The molecule has 63 heavy (non-hydrogen) atoms. The number of piperazine rings is 2. The molecule has 0 radical (unpaired) electrons. The standard InChI is InChI=1S/C46H51N13O4/c1-30-39(27-48-43-41(30)47-13-23-63-43)59-14-12-33-24-49-45(53-38(33)29-59)52-35-6-2-31(3-7-35)28-55-15-17-58(18-16-55)46-50-25-34(26-51-46)44(62)57-21-19-56(20-22-57)36-8-4-32(5-9-36)37-10-11-40(60)54-42(37)61/h2-9,24-27,37,47H,10-23,28-29H2,1H3,(H,49,52,53)(H,54,60,61). The van der Waals surface area contributed by atoms with E-state index in [1.54, 1.807) is 12.4 Å². The van der Waals surface area contributed by atoms with E-state index in [2.05, 4.69) is 86.7 Å². The van der Waals surface area contributed by atoms with E-state index in [4.69, 9.17) is 9.72 Å². The molecule has 17 nitrogen and oxygen atoms in total. The minimum Gasteiger partial charge on any atom is -0.474 e. The molecule has 3 N–H and O–H groups in total. The van der Waals surface area contributed by atoms with Gasteiger partial charge in [-0.2, -0.15) is 0 Å². The number of imide groups is 1. The van der Waals surface area contributed by atoms with E-state index in [-0.39, 0.29) is 23.6 Å². The van der Waals surface area contributed by atoms with Gasteiger partial charge in [0, 0.05) is 114 Å². The minimum atomic E-state index is -0.301. The highest BCUT2D eigenvalue weighted by atomic mass is 16.5. The number of nitrogens with one attached hydrogen (secondary N) is 3. The number of rotatable bonds is 9. The predicted octanol–water partition coefficient (Wildman–Crippen LogP) is 3.89. The Morgan fingerprint density at radius 1 is 0.810 bits per heavy atom. The molecular formula is C46H51N13O4. The lowest BCUT2D eigenvalue weighted by Crippen LogP contribution is -2.49. The van der Waals surface area contributed by atoms with E-state index in [9.17, 15) is 14.4 Å². The van der Waals surface area contributed by atoms with Crippen LogP contribution in [0, 0.1) is 6.92 Å². The average Bonchev–Trinajstić information content (AvgIpc) is 3.32. The molecule has 8 heterocycles. The zero-order valence-corrected chi connectivity index (χ0v) is 35.4. The summed E-state index contributed by atoms with van der Waals surface area (Å²) in [7, 11) is 0. The van der Waals surface area contributed by atoms with Gasteiger partial charge in [0.2, 0.25) is 29.6 Å². The van der Waals surface area contributed by atoms with Gasteiger partial charge in [-0.3, -0.25) is 24.6 Å². The van der Waals surface area contributed by atoms with Crippen LogP contribution in [0.4, 0.5) is 34.6 Å². The molecule has 3 saturated heterocycles. The number of carbonyl (C=O) groups excluding carboxylic acids is 3. The Bertz CT molecular complexity index is 2490. The van der Waals surface area contributed by atoms with Gasteiger partial charge in [-0.15, -0.1) is 0 Å². The molecule has 10 rings (SSSR count). The zero-order chi connectivity index (χ0) is 42.9. The first kappa shape index (κ1) is 40.2. The summed E-state index contributed by atoms with van der Waals surface area (Å²) in [6, 6.07) is 16.4. The number of pyridine rings is 1. The summed E-state index contributed by atoms with van der Waals surface area (Å²) >= 11 is 0. The van der Waals surface area contributed by atoms with Gasteiger partial charge in [0.1, 0.15) is 12.3 Å². The molecule has 0 spiro atoms. The number of nitrogens with zero attached hydrogens (tertiary/aromatic N) is 10. The van der Waals surface area contributed by atoms with Crippen molar-refractivity contribution in [3.05, 3.63) is 107 Å². The van der Waals surface area contributed by atoms with E-state index in [1.165, 1.54) is 11.1 Å². The number of amides is 3. The lowest BCUT2D eigenvalue weighted by atomic mass is 9.90. The fraction of sp³-hybridized carbons (Fsp3) is 0.391. The van der Waals surface area contributed by atoms with Crippen molar-refractivity contribution in [1.29, 1.82) is 0 Å². The van der Waals surface area contributed by atoms with Crippen LogP contribution in [0.15, 0.2) is 73.3 Å². The number of fused-ring (bicyclic) bond motifs is 2. The van der Waals surface area contributed by atoms with E-state index >= 15 is 0 Å². The van der Waals surface area contributed by atoms with Crippen LogP contribution >= 0.6 is 0 Å². The monoisotopic (exact) mass is 849 g/mol. The van der Waals surface area contributed by atoms with Gasteiger partial charge in [-0.1, -0.05) is 24.3 Å². The number of anilines is 6. The van der Waals surface area contributed by atoms with Gasteiger partial charge >= 0.3 is 0 Å². The molecule has 0 aliphatic carbocycles. The molecule has 17 heteroatoms.